The minimum absolute atomic E-state index is 0.0885. The molecule has 0 unspecified atom stereocenters. The molecule has 0 aliphatic carbocycles. The van der Waals surface area contributed by atoms with Crippen molar-refractivity contribution in [3.05, 3.63) is 71.9 Å². The molecule has 0 bridgehead atoms. The van der Waals surface area contributed by atoms with Crippen LogP contribution in [0.2, 0.25) is 0 Å². The van der Waals surface area contributed by atoms with Crippen molar-refractivity contribution < 1.29 is 13.7 Å². The van der Waals surface area contributed by atoms with E-state index in [9.17, 15) is 4.79 Å². The highest BCUT2D eigenvalue weighted by atomic mass is 16.5. The van der Waals surface area contributed by atoms with Crippen LogP contribution >= 0.6 is 0 Å². The maximum atomic E-state index is 12.7. The Morgan fingerprint density at radius 1 is 1.03 bits per heavy atom. The number of aromatic nitrogens is 3. The van der Waals surface area contributed by atoms with Gasteiger partial charge in [-0.3, -0.25) is 4.79 Å². The van der Waals surface area contributed by atoms with Crippen molar-refractivity contribution in [3.8, 4) is 22.9 Å². The number of amides is 1. The molecular formula is C23H22N4O3. The second-order valence-corrected chi connectivity index (χ2v) is 7.34. The molecule has 4 aromatic rings. The van der Waals surface area contributed by atoms with Crippen molar-refractivity contribution in [2.24, 2.45) is 0 Å². The van der Waals surface area contributed by atoms with Gasteiger partial charge < -0.3 is 14.3 Å². The van der Waals surface area contributed by atoms with Crippen molar-refractivity contribution in [1.82, 2.24) is 15.1 Å². The van der Waals surface area contributed by atoms with Crippen LogP contribution in [0.4, 0.5) is 5.69 Å². The fourth-order valence-electron chi connectivity index (χ4n) is 3.04. The fraction of sp³-hybridized carbons (Fsp3) is 0.217. The van der Waals surface area contributed by atoms with Crippen LogP contribution in [0.25, 0.3) is 22.9 Å². The number of para-hydroxylation sites is 1. The first kappa shape index (κ1) is 19.6. The van der Waals surface area contributed by atoms with Gasteiger partial charge in [0, 0.05) is 11.5 Å². The van der Waals surface area contributed by atoms with Crippen molar-refractivity contribution in [3.63, 3.8) is 0 Å². The molecule has 0 saturated carbocycles. The van der Waals surface area contributed by atoms with Crippen LogP contribution in [0.1, 0.15) is 36.8 Å². The van der Waals surface area contributed by atoms with E-state index in [0.29, 0.717) is 34.6 Å². The van der Waals surface area contributed by atoms with Gasteiger partial charge in [-0.2, -0.15) is 4.98 Å². The summed E-state index contributed by atoms with van der Waals surface area (Å²) in [5.74, 6) is 1.44. The number of anilines is 1. The molecule has 0 radical (unpaired) electrons. The van der Waals surface area contributed by atoms with Crippen LogP contribution in [-0.2, 0) is 11.2 Å². The predicted molar refractivity (Wildman–Crippen MR) is 113 cm³/mol. The first-order chi connectivity index (χ1) is 14.5. The lowest BCUT2D eigenvalue weighted by Gasteiger charge is -2.11. The topological polar surface area (TPSA) is 94.1 Å². The van der Waals surface area contributed by atoms with Gasteiger partial charge in [0.05, 0.1) is 23.4 Å². The zero-order valence-corrected chi connectivity index (χ0v) is 17.0. The predicted octanol–water partition coefficient (Wildman–Crippen LogP) is 5.00. The molecule has 30 heavy (non-hydrogen) atoms. The van der Waals surface area contributed by atoms with Gasteiger partial charge >= 0.3 is 0 Å². The number of nitrogens with one attached hydrogen (secondary N) is 1. The van der Waals surface area contributed by atoms with Gasteiger partial charge in [0.15, 0.2) is 5.82 Å². The molecule has 0 aliphatic rings. The molecule has 1 amide bonds. The number of carbonyl (C=O) groups excluding carboxylic acids is 1. The van der Waals surface area contributed by atoms with E-state index in [1.165, 1.54) is 6.26 Å². The van der Waals surface area contributed by atoms with E-state index in [-0.39, 0.29) is 18.2 Å². The number of aryl methyl sites for hydroxylation is 1. The standard InChI is InChI=1S/C23H22N4O3/c1-14(2)21-26-23(30-27-21)18-11-7-8-15(3)20(18)25-19(28)12-17-13-29-22(24-17)16-9-5-4-6-10-16/h4-11,13-14H,12H2,1-3H3,(H,25,28). The number of carbonyl (C=O) groups is 1. The van der Waals surface area contributed by atoms with Gasteiger partial charge in [-0.25, -0.2) is 4.98 Å². The summed E-state index contributed by atoms with van der Waals surface area (Å²) in [7, 11) is 0. The molecule has 2 aromatic carbocycles. The summed E-state index contributed by atoms with van der Waals surface area (Å²) in [5, 5.41) is 6.99. The Morgan fingerprint density at radius 2 is 1.83 bits per heavy atom. The Balaban J connectivity index is 1.53. The minimum Gasteiger partial charge on any atom is -0.444 e. The molecule has 0 spiro atoms. The van der Waals surface area contributed by atoms with Gasteiger partial charge in [-0.1, -0.05) is 49.3 Å². The first-order valence-corrected chi connectivity index (χ1v) is 9.74. The molecule has 7 nitrogen and oxygen atoms in total. The molecule has 4 rings (SSSR count). The van der Waals surface area contributed by atoms with E-state index in [1.807, 2.05) is 69.3 Å². The van der Waals surface area contributed by atoms with Gasteiger partial charge in [-0.15, -0.1) is 0 Å². The van der Waals surface area contributed by atoms with Gasteiger partial charge in [0.25, 0.3) is 5.89 Å². The number of rotatable bonds is 6. The Hall–Kier alpha value is -3.74. The highest BCUT2D eigenvalue weighted by Gasteiger charge is 2.18. The zero-order chi connectivity index (χ0) is 21.1. The number of benzene rings is 2. The maximum Gasteiger partial charge on any atom is 0.260 e. The van der Waals surface area contributed by atoms with Crippen molar-refractivity contribution in [1.29, 1.82) is 0 Å². The normalized spacial score (nSPS) is 11.1. The summed E-state index contributed by atoms with van der Waals surface area (Å²) in [6.45, 7) is 5.91. The van der Waals surface area contributed by atoms with Gasteiger partial charge in [-0.05, 0) is 30.7 Å². The Bertz CT molecular complexity index is 1160. The zero-order valence-electron chi connectivity index (χ0n) is 17.0. The number of nitrogens with zero attached hydrogens (tertiary/aromatic N) is 3. The second kappa shape index (κ2) is 8.32. The Morgan fingerprint density at radius 3 is 2.57 bits per heavy atom. The SMILES string of the molecule is Cc1cccc(-c2nc(C(C)C)no2)c1NC(=O)Cc1coc(-c2ccccc2)n1. The highest BCUT2D eigenvalue weighted by Crippen LogP contribution is 2.30. The van der Waals surface area contributed by atoms with E-state index in [0.717, 1.165) is 11.1 Å². The molecule has 0 aliphatic heterocycles. The summed E-state index contributed by atoms with van der Waals surface area (Å²) < 4.78 is 10.9. The summed E-state index contributed by atoms with van der Waals surface area (Å²) in [6, 6.07) is 15.2. The summed E-state index contributed by atoms with van der Waals surface area (Å²) in [5.41, 5.74) is 3.65. The lowest BCUT2D eigenvalue weighted by Crippen LogP contribution is -2.16. The van der Waals surface area contributed by atoms with E-state index >= 15 is 0 Å². The smallest absolute Gasteiger partial charge is 0.260 e. The molecular weight excluding hydrogens is 380 g/mol. The molecule has 1 N–H and O–H groups in total. The number of hydrogen-bond acceptors (Lipinski definition) is 6. The van der Waals surface area contributed by atoms with E-state index in [1.54, 1.807) is 0 Å². The Kier molecular flexibility index (Phi) is 5.43. The lowest BCUT2D eigenvalue weighted by atomic mass is 10.1. The highest BCUT2D eigenvalue weighted by molar-refractivity contribution is 5.96. The quantitative estimate of drug-likeness (QED) is 0.487. The van der Waals surface area contributed by atoms with Gasteiger partial charge in [0.1, 0.15) is 6.26 Å². The number of oxazole rings is 1. The third-order valence-corrected chi connectivity index (χ3v) is 4.64. The second-order valence-electron chi connectivity index (χ2n) is 7.34. The molecule has 0 atom stereocenters. The summed E-state index contributed by atoms with van der Waals surface area (Å²) >= 11 is 0. The number of hydrogen-bond donors (Lipinski definition) is 1. The lowest BCUT2D eigenvalue weighted by molar-refractivity contribution is -0.115. The average Bonchev–Trinajstić information content (AvgIpc) is 3.40. The van der Waals surface area contributed by atoms with E-state index in [4.69, 9.17) is 8.94 Å². The monoisotopic (exact) mass is 402 g/mol. The van der Waals surface area contributed by atoms with Crippen LogP contribution < -0.4 is 5.32 Å². The Labute approximate surface area is 174 Å². The maximum absolute atomic E-state index is 12.7. The van der Waals surface area contributed by atoms with Crippen LogP contribution in [0.3, 0.4) is 0 Å². The van der Waals surface area contributed by atoms with Crippen LogP contribution in [0.15, 0.2) is 63.7 Å². The van der Waals surface area contributed by atoms with Crippen LogP contribution in [0.5, 0.6) is 0 Å². The van der Waals surface area contributed by atoms with E-state index in [2.05, 4.69) is 20.4 Å². The fourth-order valence-corrected chi connectivity index (χ4v) is 3.04. The largest absolute Gasteiger partial charge is 0.444 e. The van der Waals surface area contributed by atoms with Crippen molar-refractivity contribution in [2.75, 3.05) is 5.32 Å². The first-order valence-electron chi connectivity index (χ1n) is 9.74. The average molecular weight is 402 g/mol. The summed E-state index contributed by atoms with van der Waals surface area (Å²) in [6.07, 6.45) is 1.60. The van der Waals surface area contributed by atoms with Gasteiger partial charge in [0.2, 0.25) is 11.8 Å². The molecule has 2 aromatic heterocycles. The third kappa shape index (κ3) is 4.15. The molecule has 152 valence electrons. The summed E-state index contributed by atoms with van der Waals surface area (Å²) in [4.78, 5) is 21.6. The van der Waals surface area contributed by atoms with Crippen LogP contribution in [0, 0.1) is 6.92 Å². The third-order valence-electron chi connectivity index (χ3n) is 4.64. The molecule has 0 fully saturated rings. The van der Waals surface area contributed by atoms with E-state index < -0.39 is 0 Å². The molecule has 7 heteroatoms. The molecule has 2 heterocycles. The van der Waals surface area contributed by atoms with Crippen molar-refractivity contribution >= 4 is 11.6 Å². The minimum atomic E-state index is -0.206. The van der Waals surface area contributed by atoms with Crippen LogP contribution in [-0.4, -0.2) is 21.0 Å². The van der Waals surface area contributed by atoms with Crippen molar-refractivity contribution in [2.45, 2.75) is 33.1 Å². The molecule has 0 saturated heterocycles.